The first-order valence-electron chi connectivity index (χ1n) is 17.7. The largest absolute Gasteiger partial charge is 0.308 e. The van der Waals surface area contributed by atoms with Gasteiger partial charge in [0.05, 0.1) is 63.5 Å². The molecule has 11 rings (SSSR count). The number of para-hydroxylation sites is 4. The van der Waals surface area contributed by atoms with Gasteiger partial charge in [-0.2, -0.15) is 0 Å². The summed E-state index contributed by atoms with van der Waals surface area (Å²) in [6.45, 7) is 0. The molecule has 5 heteroatoms. The van der Waals surface area contributed by atoms with Crippen molar-refractivity contribution in [1.29, 1.82) is 0 Å². The molecule has 52 heavy (non-hydrogen) atoms. The fourth-order valence-electron chi connectivity index (χ4n) is 9.67. The fourth-order valence-corrected chi connectivity index (χ4v) is 9.67. The Hall–Kier alpha value is -6.85. The van der Waals surface area contributed by atoms with Crippen LogP contribution < -0.4 is 9.80 Å². The summed E-state index contributed by atoms with van der Waals surface area (Å²) in [4.78, 5) is 18.2. The summed E-state index contributed by atoms with van der Waals surface area (Å²) < 4.78 is 0. The Labute approximate surface area is 302 Å². The van der Waals surface area contributed by atoms with Gasteiger partial charge >= 0.3 is 0 Å². The lowest BCUT2D eigenvalue weighted by atomic mass is 9.49. The molecule has 0 saturated heterocycles. The van der Waals surface area contributed by atoms with Crippen LogP contribution in [-0.2, 0) is 10.8 Å². The molecule has 5 nitrogen and oxygen atoms in total. The molecule has 0 unspecified atom stereocenters. The van der Waals surface area contributed by atoms with Crippen molar-refractivity contribution < 1.29 is 0 Å². The summed E-state index contributed by atoms with van der Waals surface area (Å²) in [6, 6.07) is 58.2. The average molecular weight is 666 g/mol. The molecule has 1 aliphatic carbocycles. The van der Waals surface area contributed by atoms with Crippen LogP contribution in [0, 0.1) is 0 Å². The first-order valence-corrected chi connectivity index (χ1v) is 17.7. The van der Waals surface area contributed by atoms with Crippen molar-refractivity contribution in [2.24, 2.45) is 0 Å². The molecule has 2 spiro atoms. The zero-order valence-corrected chi connectivity index (χ0v) is 28.1. The van der Waals surface area contributed by atoms with Crippen LogP contribution >= 0.6 is 0 Å². The van der Waals surface area contributed by atoms with Gasteiger partial charge in [-0.25, -0.2) is 9.97 Å². The lowest BCUT2D eigenvalue weighted by Crippen LogP contribution is -2.49. The molecule has 0 atom stereocenters. The van der Waals surface area contributed by atoms with Gasteiger partial charge in [0.2, 0.25) is 0 Å². The number of rotatable bonds is 2. The fraction of sp³-hybridized carbons (Fsp3) is 0.0426. The summed E-state index contributed by atoms with van der Waals surface area (Å²) in [5.74, 6) is 0. The van der Waals surface area contributed by atoms with E-state index in [2.05, 4.69) is 176 Å². The zero-order valence-electron chi connectivity index (χ0n) is 28.1. The molecule has 0 radical (unpaired) electrons. The molecule has 0 saturated carbocycles. The van der Waals surface area contributed by atoms with E-state index < -0.39 is 10.8 Å². The van der Waals surface area contributed by atoms with Crippen LogP contribution in [0.2, 0.25) is 0 Å². The summed E-state index contributed by atoms with van der Waals surface area (Å²) in [7, 11) is 0. The van der Waals surface area contributed by atoms with Crippen molar-refractivity contribution in [1.82, 2.24) is 15.0 Å². The number of aromatic nitrogens is 3. The number of hydrogen-bond donors (Lipinski definition) is 0. The smallest absolute Gasteiger partial charge is 0.115 e. The van der Waals surface area contributed by atoms with Crippen molar-refractivity contribution >= 4 is 34.1 Å². The predicted molar refractivity (Wildman–Crippen MR) is 206 cm³/mol. The minimum atomic E-state index is -0.623. The number of pyridine rings is 1. The standard InChI is InChI=1S/C47H31N5/c1-3-17-36-34(15-1)46(38-19-5-9-23-42(38)51(32-14-13-27-48-28-32)43-24-10-6-20-39(43)46)35-16-2-4-18-37(35)47(36)40-21-7-11-25-44(40)52(33-29-49-31-50-30-33)45-26-12-8-22-41(45)47/h1-31H. The predicted octanol–water partition coefficient (Wildman–Crippen LogP) is 10.5. The van der Waals surface area contributed by atoms with Crippen LogP contribution in [0.15, 0.2) is 189 Å². The summed E-state index contributed by atoms with van der Waals surface area (Å²) >= 11 is 0. The molecule has 0 amide bonds. The summed E-state index contributed by atoms with van der Waals surface area (Å²) in [5.41, 5.74) is 15.3. The second-order valence-electron chi connectivity index (χ2n) is 13.6. The van der Waals surface area contributed by atoms with E-state index in [1.807, 2.05) is 30.9 Å². The van der Waals surface area contributed by atoms with Crippen LogP contribution in [0.5, 0.6) is 0 Å². The normalized spacial score (nSPS) is 15.2. The van der Waals surface area contributed by atoms with Gasteiger partial charge in [-0.15, -0.1) is 0 Å². The first-order chi connectivity index (χ1) is 25.8. The second kappa shape index (κ2) is 10.8. The Morgan fingerprint density at radius 1 is 0.308 bits per heavy atom. The van der Waals surface area contributed by atoms with Gasteiger partial charge in [-0.3, -0.25) is 4.98 Å². The van der Waals surface area contributed by atoms with Gasteiger partial charge in [0.25, 0.3) is 0 Å². The van der Waals surface area contributed by atoms with E-state index >= 15 is 0 Å². The molecule has 2 aliphatic heterocycles. The Morgan fingerprint density at radius 2 is 0.635 bits per heavy atom. The molecular formula is C47H31N5. The minimum absolute atomic E-state index is 0.612. The van der Waals surface area contributed by atoms with Crippen molar-refractivity contribution in [2.45, 2.75) is 10.8 Å². The van der Waals surface area contributed by atoms with Gasteiger partial charge in [-0.05, 0) is 80.9 Å². The summed E-state index contributed by atoms with van der Waals surface area (Å²) in [5, 5.41) is 0. The third-order valence-corrected chi connectivity index (χ3v) is 11.4. The van der Waals surface area contributed by atoms with Crippen molar-refractivity contribution in [2.75, 3.05) is 9.80 Å². The van der Waals surface area contributed by atoms with Gasteiger partial charge in [0.1, 0.15) is 6.33 Å². The van der Waals surface area contributed by atoms with Crippen molar-refractivity contribution in [3.8, 4) is 0 Å². The maximum Gasteiger partial charge on any atom is 0.115 e. The molecule has 3 aliphatic rings. The Bertz CT molecular complexity index is 2340. The van der Waals surface area contributed by atoms with Crippen LogP contribution in [-0.4, -0.2) is 15.0 Å². The Morgan fingerprint density at radius 3 is 1.00 bits per heavy atom. The average Bonchev–Trinajstić information content (AvgIpc) is 3.23. The van der Waals surface area contributed by atoms with Gasteiger partial charge in [0.15, 0.2) is 0 Å². The lowest BCUT2D eigenvalue weighted by Gasteiger charge is -2.56. The maximum absolute atomic E-state index is 4.56. The molecule has 0 bridgehead atoms. The van der Waals surface area contributed by atoms with Crippen molar-refractivity contribution in [3.05, 3.63) is 233 Å². The second-order valence-corrected chi connectivity index (χ2v) is 13.6. The molecule has 6 aromatic carbocycles. The monoisotopic (exact) mass is 665 g/mol. The molecule has 244 valence electrons. The number of hydrogen-bond acceptors (Lipinski definition) is 5. The lowest BCUT2D eigenvalue weighted by molar-refractivity contribution is 0.607. The van der Waals surface area contributed by atoms with Crippen LogP contribution in [0.4, 0.5) is 34.1 Å². The van der Waals surface area contributed by atoms with E-state index in [0.29, 0.717) is 0 Å². The molecular weight excluding hydrogens is 635 g/mol. The number of nitrogens with zero attached hydrogens (tertiary/aromatic N) is 5. The van der Waals surface area contributed by atoms with Gasteiger partial charge in [-0.1, -0.05) is 121 Å². The number of benzene rings is 6. The van der Waals surface area contributed by atoms with E-state index in [1.165, 1.54) is 44.5 Å². The minimum Gasteiger partial charge on any atom is -0.308 e. The molecule has 8 aromatic rings. The first kappa shape index (κ1) is 28.9. The highest BCUT2D eigenvalue weighted by Gasteiger charge is 2.58. The highest BCUT2D eigenvalue weighted by atomic mass is 15.2. The van der Waals surface area contributed by atoms with E-state index in [0.717, 1.165) is 34.1 Å². The van der Waals surface area contributed by atoms with E-state index in [-0.39, 0.29) is 0 Å². The van der Waals surface area contributed by atoms with Gasteiger partial charge in [0, 0.05) is 6.20 Å². The van der Waals surface area contributed by atoms with E-state index in [4.69, 9.17) is 0 Å². The summed E-state index contributed by atoms with van der Waals surface area (Å²) in [6.07, 6.45) is 9.20. The number of fused-ring (bicyclic) bond motifs is 14. The highest BCUT2D eigenvalue weighted by Crippen LogP contribution is 2.67. The molecule has 0 fully saturated rings. The van der Waals surface area contributed by atoms with Crippen LogP contribution in [0.3, 0.4) is 0 Å². The SMILES string of the molecule is c1cncc(N2c3ccccc3C3(c4ccccc42)c2ccccc2C2(c4ccccc4N(c4cncnc4)c4ccccc42)c2ccccc23)c1. The highest BCUT2D eigenvalue weighted by molar-refractivity contribution is 5.95. The molecule has 4 heterocycles. The molecule has 2 aromatic heterocycles. The maximum atomic E-state index is 4.56. The van der Waals surface area contributed by atoms with Gasteiger partial charge < -0.3 is 9.80 Å². The van der Waals surface area contributed by atoms with Crippen molar-refractivity contribution in [3.63, 3.8) is 0 Å². The zero-order chi connectivity index (χ0) is 34.3. The van der Waals surface area contributed by atoms with E-state index in [1.54, 1.807) is 6.33 Å². The molecule has 0 N–H and O–H groups in total. The quantitative estimate of drug-likeness (QED) is 0.184. The van der Waals surface area contributed by atoms with Crippen LogP contribution in [0.25, 0.3) is 0 Å². The number of anilines is 6. The Balaban J connectivity index is 1.31. The Kier molecular flexibility index (Phi) is 6.02. The van der Waals surface area contributed by atoms with E-state index in [9.17, 15) is 0 Å². The van der Waals surface area contributed by atoms with Crippen LogP contribution in [0.1, 0.15) is 44.5 Å². The third-order valence-electron chi connectivity index (χ3n) is 11.4. The topological polar surface area (TPSA) is 45.2 Å². The third kappa shape index (κ3) is 3.54.